The summed E-state index contributed by atoms with van der Waals surface area (Å²) in [6.45, 7) is 0. The first kappa shape index (κ1) is 39.5. The lowest BCUT2D eigenvalue weighted by atomic mass is 9.66. The van der Waals surface area contributed by atoms with Crippen molar-refractivity contribution in [1.29, 1.82) is 0 Å². The molecule has 0 amide bonds. The quantitative estimate of drug-likeness (QED) is 0.176. The first-order chi connectivity index (χ1) is 35.7. The molecule has 4 heteroatoms. The lowest BCUT2D eigenvalue weighted by molar-refractivity contribution is 0.436. The van der Waals surface area contributed by atoms with Gasteiger partial charge in [-0.05, 0) is 117 Å². The zero-order valence-electron chi connectivity index (χ0n) is 38.8. The Morgan fingerprint density at radius 1 is 0.278 bits per heavy atom. The Labute approximate surface area is 416 Å². The molecule has 2 aliphatic heterocycles. The largest absolute Gasteiger partial charge is 0.457 e. The van der Waals surface area contributed by atoms with E-state index in [0.717, 1.165) is 95.4 Å². The van der Waals surface area contributed by atoms with Crippen molar-refractivity contribution in [1.82, 2.24) is 0 Å². The highest BCUT2D eigenvalue weighted by atomic mass is 16.5. The van der Waals surface area contributed by atoms with E-state index in [9.17, 15) is 0 Å². The minimum Gasteiger partial charge on any atom is -0.457 e. The van der Waals surface area contributed by atoms with E-state index >= 15 is 0 Å². The van der Waals surface area contributed by atoms with E-state index in [2.05, 4.69) is 241 Å². The summed E-state index contributed by atoms with van der Waals surface area (Å²) in [4.78, 5) is 2.44. The summed E-state index contributed by atoms with van der Waals surface area (Å²) in [6.07, 6.45) is 0. The van der Waals surface area contributed by atoms with Crippen molar-refractivity contribution in [3.63, 3.8) is 0 Å². The van der Waals surface area contributed by atoms with Gasteiger partial charge in [-0.3, -0.25) is 0 Å². The van der Waals surface area contributed by atoms with E-state index in [1.165, 1.54) is 44.5 Å². The lowest BCUT2D eigenvalue weighted by Gasteiger charge is -2.39. The Balaban J connectivity index is 0.924. The molecule has 1 aromatic heterocycles. The Bertz CT molecular complexity index is 3970. The fourth-order valence-electron chi connectivity index (χ4n) is 13.2. The average molecular weight is 920 g/mol. The number of fused-ring (bicyclic) bond motifs is 21. The third-order valence-corrected chi connectivity index (χ3v) is 16.0. The van der Waals surface area contributed by atoms with Gasteiger partial charge in [-0.15, -0.1) is 0 Å². The molecule has 4 aliphatic rings. The molecule has 0 bridgehead atoms. The van der Waals surface area contributed by atoms with E-state index in [4.69, 9.17) is 13.9 Å². The number of para-hydroxylation sites is 6. The van der Waals surface area contributed by atoms with Crippen LogP contribution in [0.5, 0.6) is 23.0 Å². The molecule has 12 aromatic rings. The van der Waals surface area contributed by atoms with Gasteiger partial charge in [-0.1, -0.05) is 182 Å². The number of hydrogen-bond acceptors (Lipinski definition) is 4. The van der Waals surface area contributed by atoms with Gasteiger partial charge in [-0.2, -0.15) is 0 Å². The molecule has 0 saturated carbocycles. The molecule has 0 saturated heterocycles. The number of ether oxygens (including phenoxy) is 2. The van der Waals surface area contributed by atoms with Crippen LogP contribution < -0.4 is 14.4 Å². The van der Waals surface area contributed by atoms with E-state index in [1.807, 2.05) is 12.1 Å². The van der Waals surface area contributed by atoms with Crippen LogP contribution in [-0.2, 0) is 10.8 Å². The molecule has 0 fully saturated rings. The Kier molecular flexibility index (Phi) is 7.99. The van der Waals surface area contributed by atoms with Crippen molar-refractivity contribution < 1.29 is 13.9 Å². The van der Waals surface area contributed by atoms with Crippen molar-refractivity contribution >= 4 is 39.0 Å². The minimum atomic E-state index is -0.568. The summed E-state index contributed by atoms with van der Waals surface area (Å²) in [6, 6.07) is 90.1. The molecule has 0 radical (unpaired) electrons. The highest BCUT2D eigenvalue weighted by Gasteiger charge is 2.53. The maximum Gasteiger partial charge on any atom is 0.143 e. The molecule has 0 unspecified atom stereocenters. The van der Waals surface area contributed by atoms with Crippen LogP contribution in [0.4, 0.5) is 17.1 Å². The SMILES string of the molecule is c1ccc2c(c1)Oc1ccccc1C21c2ccccc2-c2cc(N(c3ccc(-c4cccc5c4oc4ccccc45)cc3)c3ccc4c(c3)-c3ccccc3C43c4ccccc4Oc4ccccc43)ccc21. The number of furan rings is 1. The number of anilines is 3. The van der Waals surface area contributed by atoms with Crippen LogP contribution in [0.1, 0.15) is 44.5 Å². The van der Waals surface area contributed by atoms with E-state index < -0.39 is 10.8 Å². The second-order valence-corrected chi connectivity index (χ2v) is 19.4. The van der Waals surface area contributed by atoms with Gasteiger partial charge in [0.15, 0.2) is 0 Å². The van der Waals surface area contributed by atoms with Crippen LogP contribution >= 0.6 is 0 Å². The van der Waals surface area contributed by atoms with E-state index in [1.54, 1.807) is 0 Å². The first-order valence-corrected chi connectivity index (χ1v) is 24.7. The van der Waals surface area contributed by atoms with Crippen molar-refractivity contribution in [2.45, 2.75) is 10.8 Å². The molecule has 16 rings (SSSR count). The normalized spacial score (nSPS) is 14.3. The van der Waals surface area contributed by atoms with Gasteiger partial charge in [0.2, 0.25) is 0 Å². The lowest BCUT2D eigenvalue weighted by Crippen LogP contribution is -2.32. The third kappa shape index (κ3) is 5.10. The minimum absolute atomic E-state index is 0.568. The standard InChI is InChI=1S/C68H41NO3/c1-4-21-53-47(16-1)51-40-44(36-38-55(51)67(53)57-23-6-11-28-62(57)70-63-29-12-7-24-58(63)67)69(43-34-32-42(33-35-43)46-19-15-20-50-49-18-3-10-27-61(49)72-66(46)50)45-37-39-56-52(41-45)48-17-2-5-22-54(48)68(56)59-25-8-13-30-64(59)71-65-31-14-9-26-60(65)68/h1-41H. The van der Waals surface area contributed by atoms with Gasteiger partial charge < -0.3 is 18.8 Å². The Hall–Kier alpha value is -9.38. The van der Waals surface area contributed by atoms with Crippen molar-refractivity contribution in [3.05, 3.63) is 293 Å². The van der Waals surface area contributed by atoms with Crippen molar-refractivity contribution in [2.75, 3.05) is 4.90 Å². The zero-order valence-corrected chi connectivity index (χ0v) is 38.8. The van der Waals surface area contributed by atoms with Crippen molar-refractivity contribution in [3.8, 4) is 56.4 Å². The number of hydrogen-bond donors (Lipinski definition) is 0. The molecule has 4 nitrogen and oxygen atoms in total. The molecule has 2 spiro atoms. The van der Waals surface area contributed by atoms with Gasteiger partial charge >= 0.3 is 0 Å². The molecule has 3 heterocycles. The van der Waals surface area contributed by atoms with E-state index in [0.29, 0.717) is 0 Å². The second-order valence-electron chi connectivity index (χ2n) is 19.4. The summed E-state index contributed by atoms with van der Waals surface area (Å²) < 4.78 is 19.9. The van der Waals surface area contributed by atoms with Crippen molar-refractivity contribution in [2.24, 2.45) is 0 Å². The maximum atomic E-state index is 6.67. The van der Waals surface area contributed by atoms with Gasteiger partial charge in [0, 0.05) is 55.7 Å². The summed E-state index contributed by atoms with van der Waals surface area (Å²) in [5, 5.41) is 2.24. The molecular weight excluding hydrogens is 879 g/mol. The van der Waals surface area contributed by atoms with Crippen LogP contribution in [0, 0.1) is 0 Å². The molecule has 0 N–H and O–H groups in total. The molecule has 0 atom stereocenters. The topological polar surface area (TPSA) is 34.8 Å². The highest BCUT2D eigenvalue weighted by molar-refractivity contribution is 6.09. The van der Waals surface area contributed by atoms with Crippen LogP contribution in [0.3, 0.4) is 0 Å². The molecular formula is C68H41NO3. The van der Waals surface area contributed by atoms with Gasteiger partial charge in [0.25, 0.3) is 0 Å². The van der Waals surface area contributed by atoms with Gasteiger partial charge in [0.1, 0.15) is 34.2 Å². The number of benzene rings is 11. The van der Waals surface area contributed by atoms with Crippen LogP contribution in [0.2, 0.25) is 0 Å². The molecule has 336 valence electrons. The smallest absolute Gasteiger partial charge is 0.143 e. The number of rotatable bonds is 4. The first-order valence-electron chi connectivity index (χ1n) is 24.7. The Morgan fingerprint density at radius 2 is 0.667 bits per heavy atom. The summed E-state index contributed by atoms with van der Waals surface area (Å²) in [5.41, 5.74) is 20.4. The summed E-state index contributed by atoms with van der Waals surface area (Å²) in [7, 11) is 0. The van der Waals surface area contributed by atoms with Crippen LogP contribution in [0.25, 0.3) is 55.3 Å². The highest BCUT2D eigenvalue weighted by Crippen LogP contribution is 2.65. The second kappa shape index (κ2) is 14.6. The fourth-order valence-corrected chi connectivity index (χ4v) is 13.2. The zero-order chi connectivity index (χ0) is 47.1. The van der Waals surface area contributed by atoms with Gasteiger partial charge in [-0.25, -0.2) is 0 Å². The maximum absolute atomic E-state index is 6.67. The fraction of sp³-hybridized carbons (Fsp3) is 0.0294. The predicted molar refractivity (Wildman–Crippen MR) is 289 cm³/mol. The molecule has 72 heavy (non-hydrogen) atoms. The predicted octanol–water partition coefficient (Wildman–Crippen LogP) is 17.7. The number of nitrogens with zero attached hydrogens (tertiary/aromatic N) is 1. The molecule has 11 aromatic carbocycles. The third-order valence-electron chi connectivity index (χ3n) is 16.0. The van der Waals surface area contributed by atoms with E-state index in [-0.39, 0.29) is 0 Å². The summed E-state index contributed by atoms with van der Waals surface area (Å²) in [5.74, 6) is 3.53. The Morgan fingerprint density at radius 3 is 1.18 bits per heavy atom. The van der Waals surface area contributed by atoms with Crippen LogP contribution in [0.15, 0.2) is 253 Å². The van der Waals surface area contributed by atoms with Crippen LogP contribution in [-0.4, -0.2) is 0 Å². The average Bonchev–Trinajstić information content (AvgIpc) is 4.06. The van der Waals surface area contributed by atoms with Gasteiger partial charge in [0.05, 0.1) is 10.8 Å². The molecule has 2 aliphatic carbocycles. The monoisotopic (exact) mass is 919 g/mol. The summed E-state index contributed by atoms with van der Waals surface area (Å²) >= 11 is 0.